The molecular formula is C18H20N2O4S. The smallest absolute Gasteiger partial charge is 0.350 e. The molecule has 7 heteroatoms. The molecule has 0 unspecified atom stereocenters. The first-order valence-electron chi connectivity index (χ1n) is 7.87. The summed E-state index contributed by atoms with van der Waals surface area (Å²) in [4.78, 5) is 28.5. The molecule has 1 amide bonds. The number of aromatic nitrogens is 1. The second-order valence-electron chi connectivity index (χ2n) is 4.93. The van der Waals surface area contributed by atoms with Gasteiger partial charge in [-0.3, -0.25) is 10.1 Å². The highest BCUT2D eigenvalue weighted by Gasteiger charge is 2.18. The van der Waals surface area contributed by atoms with E-state index >= 15 is 0 Å². The molecule has 0 radical (unpaired) electrons. The number of methoxy groups -OCH3 is 1. The molecule has 0 aliphatic rings. The molecule has 0 atom stereocenters. The minimum atomic E-state index is -0.448. The van der Waals surface area contributed by atoms with Crippen molar-refractivity contribution in [2.24, 2.45) is 0 Å². The third-order valence-electron chi connectivity index (χ3n) is 3.27. The zero-order valence-electron chi connectivity index (χ0n) is 14.4. The van der Waals surface area contributed by atoms with Crippen LogP contribution < -0.4 is 10.1 Å². The summed E-state index contributed by atoms with van der Waals surface area (Å²) in [6.45, 7) is 4.34. The second kappa shape index (κ2) is 8.98. The van der Waals surface area contributed by atoms with Crippen LogP contribution in [0.5, 0.6) is 5.75 Å². The number of esters is 1. The van der Waals surface area contributed by atoms with E-state index in [2.05, 4.69) is 10.3 Å². The number of thiazole rings is 1. The Labute approximate surface area is 150 Å². The van der Waals surface area contributed by atoms with Crippen LogP contribution in [-0.2, 0) is 16.0 Å². The summed E-state index contributed by atoms with van der Waals surface area (Å²) in [5, 5.41) is 3.04. The minimum absolute atomic E-state index is 0.334. The lowest BCUT2D eigenvalue weighted by molar-refractivity contribution is -0.111. The molecule has 2 aromatic rings. The highest BCUT2D eigenvalue weighted by atomic mass is 32.1. The monoisotopic (exact) mass is 360 g/mol. The van der Waals surface area contributed by atoms with Gasteiger partial charge in [-0.25, -0.2) is 9.78 Å². The van der Waals surface area contributed by atoms with Crippen LogP contribution in [-0.4, -0.2) is 30.6 Å². The van der Waals surface area contributed by atoms with Crippen molar-refractivity contribution in [3.63, 3.8) is 0 Å². The van der Waals surface area contributed by atoms with E-state index in [0.29, 0.717) is 34.5 Å². The number of nitrogens with one attached hydrogen (secondary N) is 1. The van der Waals surface area contributed by atoms with Gasteiger partial charge in [-0.1, -0.05) is 36.5 Å². The summed E-state index contributed by atoms with van der Waals surface area (Å²) in [6.07, 6.45) is 3.66. The van der Waals surface area contributed by atoms with Gasteiger partial charge in [0.1, 0.15) is 10.6 Å². The quantitative estimate of drug-likeness (QED) is 0.604. The van der Waals surface area contributed by atoms with Gasteiger partial charge in [0.25, 0.3) is 0 Å². The lowest BCUT2D eigenvalue weighted by atomic mass is 10.2. The lowest BCUT2D eigenvalue weighted by Crippen LogP contribution is -2.07. The van der Waals surface area contributed by atoms with Crippen LogP contribution >= 0.6 is 11.3 Å². The van der Waals surface area contributed by atoms with Crippen LogP contribution in [0.4, 0.5) is 5.13 Å². The molecule has 0 bridgehead atoms. The van der Waals surface area contributed by atoms with Crippen molar-refractivity contribution in [1.29, 1.82) is 0 Å². The van der Waals surface area contributed by atoms with E-state index in [0.717, 1.165) is 16.9 Å². The lowest BCUT2D eigenvalue weighted by Gasteiger charge is -2.06. The first-order valence-corrected chi connectivity index (χ1v) is 8.69. The third kappa shape index (κ3) is 4.90. The Bertz CT molecular complexity index is 783. The van der Waals surface area contributed by atoms with Crippen LogP contribution in [0.1, 0.15) is 34.8 Å². The average molecular weight is 360 g/mol. The van der Waals surface area contributed by atoms with Gasteiger partial charge in [0.2, 0.25) is 5.91 Å². The first kappa shape index (κ1) is 18.7. The summed E-state index contributed by atoms with van der Waals surface area (Å²) in [7, 11) is 1.32. The van der Waals surface area contributed by atoms with E-state index in [1.165, 1.54) is 13.2 Å². The third-order valence-corrected chi connectivity index (χ3v) is 4.26. The van der Waals surface area contributed by atoms with Gasteiger partial charge < -0.3 is 9.47 Å². The van der Waals surface area contributed by atoms with Gasteiger partial charge in [-0.05, 0) is 25.5 Å². The Hall–Kier alpha value is -2.67. The number of nitrogens with zero attached hydrogens (tertiary/aromatic N) is 1. The van der Waals surface area contributed by atoms with Crippen molar-refractivity contribution in [3.05, 3.63) is 46.5 Å². The zero-order chi connectivity index (χ0) is 18.2. The molecule has 0 aliphatic carbocycles. The molecular weight excluding hydrogens is 340 g/mol. The van der Waals surface area contributed by atoms with Crippen molar-refractivity contribution < 1.29 is 19.1 Å². The highest BCUT2D eigenvalue weighted by molar-refractivity contribution is 7.17. The van der Waals surface area contributed by atoms with Crippen LogP contribution in [0.3, 0.4) is 0 Å². The Morgan fingerprint density at radius 3 is 2.72 bits per heavy atom. The number of aryl methyl sites for hydroxylation is 1. The largest absolute Gasteiger partial charge is 0.493 e. The van der Waals surface area contributed by atoms with Crippen LogP contribution in [0, 0.1) is 0 Å². The standard InChI is InChI=1S/C18H20N2O4S/c1-4-13-16(17(22)23-3)25-18(19-13)20-15(21)11-10-12-8-6-7-9-14(12)24-5-2/h6-11H,4-5H2,1-3H3,(H,19,20,21). The molecule has 132 valence electrons. The first-order chi connectivity index (χ1) is 12.1. The molecule has 25 heavy (non-hydrogen) atoms. The predicted octanol–water partition coefficient (Wildman–Crippen LogP) is 3.54. The summed E-state index contributed by atoms with van der Waals surface area (Å²) in [6, 6.07) is 7.45. The fourth-order valence-electron chi connectivity index (χ4n) is 2.11. The maximum absolute atomic E-state index is 12.1. The molecule has 0 aliphatic heterocycles. The van der Waals surface area contributed by atoms with E-state index in [1.54, 1.807) is 6.08 Å². The maximum Gasteiger partial charge on any atom is 0.350 e. The van der Waals surface area contributed by atoms with Crippen molar-refractivity contribution in [1.82, 2.24) is 4.98 Å². The van der Waals surface area contributed by atoms with Gasteiger partial charge in [0.05, 0.1) is 19.4 Å². The topological polar surface area (TPSA) is 77.5 Å². The molecule has 1 aromatic heterocycles. The molecule has 0 saturated heterocycles. The van der Waals surface area contributed by atoms with Crippen LogP contribution in [0.15, 0.2) is 30.3 Å². The second-order valence-corrected chi connectivity index (χ2v) is 5.93. The number of para-hydroxylation sites is 1. The molecule has 1 aromatic carbocycles. The van der Waals surface area contributed by atoms with E-state index in [-0.39, 0.29) is 5.91 Å². The minimum Gasteiger partial charge on any atom is -0.493 e. The van der Waals surface area contributed by atoms with E-state index in [4.69, 9.17) is 9.47 Å². The van der Waals surface area contributed by atoms with E-state index in [1.807, 2.05) is 38.1 Å². The van der Waals surface area contributed by atoms with E-state index < -0.39 is 5.97 Å². The van der Waals surface area contributed by atoms with Crippen molar-refractivity contribution >= 4 is 34.4 Å². The number of benzene rings is 1. The van der Waals surface area contributed by atoms with Gasteiger partial charge >= 0.3 is 5.97 Å². The Morgan fingerprint density at radius 2 is 2.04 bits per heavy atom. The highest BCUT2D eigenvalue weighted by Crippen LogP contribution is 2.24. The fourth-order valence-corrected chi connectivity index (χ4v) is 3.09. The number of ether oxygens (including phenoxy) is 2. The Kier molecular flexibility index (Phi) is 6.71. The molecule has 0 spiro atoms. The summed E-state index contributed by atoms with van der Waals surface area (Å²) < 4.78 is 10.2. The molecule has 1 heterocycles. The Balaban J connectivity index is 2.10. The number of anilines is 1. The summed E-state index contributed by atoms with van der Waals surface area (Å²) in [5.41, 5.74) is 1.42. The number of amides is 1. The molecule has 1 N–H and O–H groups in total. The number of hydrogen-bond donors (Lipinski definition) is 1. The number of rotatable bonds is 7. The molecule has 0 saturated carbocycles. The van der Waals surface area contributed by atoms with Gasteiger partial charge in [-0.15, -0.1) is 0 Å². The predicted molar refractivity (Wildman–Crippen MR) is 98.1 cm³/mol. The SMILES string of the molecule is CCOc1ccccc1C=CC(=O)Nc1nc(CC)c(C(=O)OC)s1. The summed E-state index contributed by atoms with van der Waals surface area (Å²) >= 11 is 1.10. The van der Waals surface area contributed by atoms with Crippen molar-refractivity contribution in [2.75, 3.05) is 19.0 Å². The van der Waals surface area contributed by atoms with Crippen molar-refractivity contribution in [3.8, 4) is 5.75 Å². The number of carbonyl (C=O) groups is 2. The summed E-state index contributed by atoms with van der Waals surface area (Å²) in [5.74, 6) is -0.0697. The zero-order valence-corrected chi connectivity index (χ0v) is 15.2. The maximum atomic E-state index is 12.1. The normalized spacial score (nSPS) is 10.7. The molecule has 6 nitrogen and oxygen atoms in total. The van der Waals surface area contributed by atoms with E-state index in [9.17, 15) is 9.59 Å². The molecule has 0 fully saturated rings. The number of carbonyl (C=O) groups excluding carboxylic acids is 2. The van der Waals surface area contributed by atoms with Gasteiger partial charge in [0, 0.05) is 11.6 Å². The van der Waals surface area contributed by atoms with Crippen LogP contribution in [0.25, 0.3) is 6.08 Å². The van der Waals surface area contributed by atoms with Gasteiger partial charge in [0.15, 0.2) is 5.13 Å². The number of hydrogen-bond acceptors (Lipinski definition) is 6. The average Bonchev–Trinajstić information content (AvgIpc) is 3.03. The van der Waals surface area contributed by atoms with Crippen molar-refractivity contribution in [2.45, 2.75) is 20.3 Å². The fraction of sp³-hybridized carbons (Fsp3) is 0.278. The van der Waals surface area contributed by atoms with Gasteiger partial charge in [-0.2, -0.15) is 0 Å². The Morgan fingerprint density at radius 1 is 1.28 bits per heavy atom. The van der Waals surface area contributed by atoms with Crippen LogP contribution in [0.2, 0.25) is 0 Å². The molecule has 2 rings (SSSR count).